The normalized spacial score (nSPS) is 9.82. The van der Waals surface area contributed by atoms with Gasteiger partial charge >= 0.3 is 6.16 Å². The number of hydrogen-bond donors (Lipinski definition) is 0. The molecule has 1 aromatic heterocycles. The minimum Gasteiger partial charge on any atom is -0.434 e. The third-order valence-electron chi connectivity index (χ3n) is 2.81. The van der Waals surface area contributed by atoms with Gasteiger partial charge in [-0.05, 0) is 44.0 Å². The molecule has 0 fully saturated rings. The maximum atomic E-state index is 12.8. The van der Waals surface area contributed by atoms with Crippen molar-refractivity contribution in [1.29, 1.82) is 0 Å². The van der Waals surface area contributed by atoms with Crippen molar-refractivity contribution in [3.63, 3.8) is 0 Å². The fraction of sp³-hybridized carbons (Fsp3) is 0.250. The summed E-state index contributed by atoms with van der Waals surface area (Å²) in [5, 5.41) is 0. The highest BCUT2D eigenvalue weighted by Gasteiger charge is 2.15. The number of hydrogen-bond acceptors (Lipinski definition) is 4. The Labute approximate surface area is 127 Å². The fourth-order valence-electron chi connectivity index (χ4n) is 1.76. The summed E-state index contributed by atoms with van der Waals surface area (Å²) in [4.78, 5) is 15.6. The number of imidazole rings is 1. The van der Waals surface area contributed by atoms with Crippen molar-refractivity contribution in [2.75, 3.05) is 6.61 Å². The van der Waals surface area contributed by atoms with Crippen LogP contribution in [0, 0.1) is 24.6 Å². The van der Waals surface area contributed by atoms with E-state index in [1.54, 1.807) is 37.6 Å². The number of carbonyl (C=O) groups is 1. The number of carbonyl (C=O) groups excluding carboxylic acids is 1. The van der Waals surface area contributed by atoms with Crippen molar-refractivity contribution in [1.82, 2.24) is 9.55 Å². The summed E-state index contributed by atoms with van der Waals surface area (Å²) >= 11 is 0. The molecule has 114 valence electrons. The lowest BCUT2D eigenvalue weighted by Gasteiger charge is -2.05. The first kappa shape index (κ1) is 15.6. The van der Waals surface area contributed by atoms with Crippen LogP contribution in [-0.2, 0) is 11.8 Å². The van der Waals surface area contributed by atoms with Gasteiger partial charge in [0.25, 0.3) is 0 Å². The van der Waals surface area contributed by atoms with Crippen LogP contribution in [0.5, 0.6) is 5.88 Å². The van der Waals surface area contributed by atoms with Gasteiger partial charge in [-0.25, -0.2) is 14.2 Å². The molecule has 1 heterocycles. The second-order valence-corrected chi connectivity index (χ2v) is 4.43. The van der Waals surface area contributed by atoms with Gasteiger partial charge < -0.3 is 9.47 Å². The number of rotatable bonds is 2. The molecule has 0 aliphatic rings. The van der Waals surface area contributed by atoms with Crippen LogP contribution < -0.4 is 4.74 Å². The molecule has 2 rings (SSSR count). The Balaban J connectivity index is 2.23. The zero-order valence-electron chi connectivity index (χ0n) is 12.5. The van der Waals surface area contributed by atoms with E-state index < -0.39 is 6.16 Å². The monoisotopic (exact) mass is 302 g/mol. The maximum Gasteiger partial charge on any atom is 0.515 e. The van der Waals surface area contributed by atoms with Crippen LogP contribution in [-0.4, -0.2) is 22.3 Å². The highest BCUT2D eigenvalue weighted by Crippen LogP contribution is 2.18. The largest absolute Gasteiger partial charge is 0.515 e. The van der Waals surface area contributed by atoms with Crippen LogP contribution in [0.25, 0.3) is 0 Å². The van der Waals surface area contributed by atoms with Crippen molar-refractivity contribution >= 4 is 6.16 Å². The summed E-state index contributed by atoms with van der Waals surface area (Å²) in [7, 11) is 1.68. The van der Waals surface area contributed by atoms with E-state index in [-0.39, 0.29) is 18.3 Å². The molecule has 0 atom stereocenters. The molecule has 22 heavy (non-hydrogen) atoms. The Bertz CT molecular complexity index is 739. The highest BCUT2D eigenvalue weighted by molar-refractivity contribution is 5.63. The van der Waals surface area contributed by atoms with Gasteiger partial charge in [-0.15, -0.1) is 0 Å². The van der Waals surface area contributed by atoms with Crippen LogP contribution in [0.1, 0.15) is 24.0 Å². The SMILES string of the molecule is CCOC(=O)Oc1c(C)nc(C#Cc2ccc(F)cc2)n1C. The standard InChI is InChI=1S/C16H15FN2O3/c1-4-21-16(20)22-15-11(2)18-14(19(15)3)10-7-12-5-8-13(17)9-6-12/h5-6,8-9H,4H2,1-3H3. The van der Waals surface area contributed by atoms with Gasteiger partial charge in [-0.1, -0.05) is 5.92 Å². The summed E-state index contributed by atoms with van der Waals surface area (Å²) in [6.07, 6.45) is -0.786. The van der Waals surface area contributed by atoms with Crippen LogP contribution in [0.3, 0.4) is 0 Å². The van der Waals surface area contributed by atoms with Gasteiger partial charge in [0.15, 0.2) is 5.82 Å². The molecule has 0 saturated heterocycles. The summed E-state index contributed by atoms with van der Waals surface area (Å²) < 4.78 is 24.2. The molecule has 1 aromatic carbocycles. The zero-order valence-corrected chi connectivity index (χ0v) is 12.5. The van der Waals surface area contributed by atoms with Gasteiger partial charge in [-0.3, -0.25) is 4.57 Å². The number of aromatic nitrogens is 2. The van der Waals surface area contributed by atoms with E-state index in [0.29, 0.717) is 17.1 Å². The molecule has 0 unspecified atom stereocenters. The molecule has 5 nitrogen and oxygen atoms in total. The second kappa shape index (κ2) is 6.76. The lowest BCUT2D eigenvalue weighted by Crippen LogP contribution is -2.13. The summed E-state index contributed by atoms with van der Waals surface area (Å²) in [6.45, 7) is 3.63. The van der Waals surface area contributed by atoms with Crippen LogP contribution >= 0.6 is 0 Å². The van der Waals surface area contributed by atoms with E-state index in [2.05, 4.69) is 16.8 Å². The molecule has 0 aliphatic carbocycles. The molecular weight excluding hydrogens is 287 g/mol. The molecular formula is C16H15FN2O3. The van der Waals surface area contributed by atoms with Crippen LogP contribution in [0.4, 0.5) is 9.18 Å². The second-order valence-electron chi connectivity index (χ2n) is 4.43. The van der Waals surface area contributed by atoms with E-state index in [1.807, 2.05) is 0 Å². The van der Waals surface area contributed by atoms with Crippen LogP contribution in [0.2, 0.25) is 0 Å². The minimum atomic E-state index is -0.786. The summed E-state index contributed by atoms with van der Waals surface area (Å²) in [6, 6.07) is 5.83. The predicted molar refractivity (Wildman–Crippen MR) is 78.0 cm³/mol. The maximum absolute atomic E-state index is 12.8. The Morgan fingerprint density at radius 2 is 2.00 bits per heavy atom. The first-order valence-corrected chi connectivity index (χ1v) is 6.66. The Hall–Kier alpha value is -2.81. The lowest BCUT2D eigenvalue weighted by atomic mass is 10.2. The summed E-state index contributed by atoms with van der Waals surface area (Å²) in [5.74, 6) is 6.13. The quantitative estimate of drug-likeness (QED) is 0.632. The molecule has 0 bridgehead atoms. The van der Waals surface area contributed by atoms with Gasteiger partial charge in [0, 0.05) is 12.6 Å². The van der Waals surface area contributed by atoms with Gasteiger partial charge in [-0.2, -0.15) is 0 Å². The van der Waals surface area contributed by atoms with Crippen molar-refractivity contribution in [2.24, 2.45) is 7.05 Å². The Morgan fingerprint density at radius 1 is 1.32 bits per heavy atom. The van der Waals surface area contributed by atoms with Crippen LogP contribution in [0.15, 0.2) is 24.3 Å². The predicted octanol–water partition coefficient (Wildman–Crippen LogP) is 2.80. The smallest absolute Gasteiger partial charge is 0.434 e. The molecule has 0 radical (unpaired) electrons. The van der Waals surface area contributed by atoms with Crippen molar-refractivity contribution in [3.8, 4) is 17.7 Å². The third-order valence-corrected chi connectivity index (χ3v) is 2.81. The van der Waals surface area contributed by atoms with Crippen molar-refractivity contribution in [2.45, 2.75) is 13.8 Å². The Kier molecular flexibility index (Phi) is 4.79. The molecule has 0 aliphatic heterocycles. The molecule has 0 N–H and O–H groups in total. The zero-order chi connectivity index (χ0) is 16.1. The topological polar surface area (TPSA) is 53.4 Å². The third kappa shape index (κ3) is 3.64. The first-order valence-electron chi connectivity index (χ1n) is 6.66. The first-order chi connectivity index (χ1) is 10.5. The minimum absolute atomic E-state index is 0.229. The van der Waals surface area contributed by atoms with Gasteiger partial charge in [0.1, 0.15) is 11.5 Å². The molecule has 6 heteroatoms. The van der Waals surface area contributed by atoms with Crippen molar-refractivity contribution < 1.29 is 18.7 Å². The molecule has 0 amide bonds. The van der Waals surface area contributed by atoms with E-state index in [9.17, 15) is 9.18 Å². The average molecular weight is 302 g/mol. The number of halogens is 1. The van der Waals surface area contributed by atoms with E-state index >= 15 is 0 Å². The molecule has 0 spiro atoms. The molecule has 2 aromatic rings. The number of aryl methyl sites for hydroxylation is 1. The lowest BCUT2D eigenvalue weighted by molar-refractivity contribution is 0.101. The molecule has 0 saturated carbocycles. The van der Waals surface area contributed by atoms with E-state index in [1.165, 1.54) is 12.1 Å². The average Bonchev–Trinajstić information content (AvgIpc) is 2.75. The highest BCUT2D eigenvalue weighted by atomic mass is 19.1. The Morgan fingerprint density at radius 3 is 2.64 bits per heavy atom. The number of ether oxygens (including phenoxy) is 2. The fourth-order valence-corrected chi connectivity index (χ4v) is 1.76. The van der Waals surface area contributed by atoms with Crippen molar-refractivity contribution in [3.05, 3.63) is 47.2 Å². The van der Waals surface area contributed by atoms with E-state index in [4.69, 9.17) is 9.47 Å². The number of benzene rings is 1. The number of nitrogens with zero attached hydrogens (tertiary/aromatic N) is 2. The summed E-state index contributed by atoms with van der Waals surface area (Å²) in [5.41, 5.74) is 1.19. The van der Waals surface area contributed by atoms with Gasteiger partial charge in [0.2, 0.25) is 5.88 Å². The van der Waals surface area contributed by atoms with Gasteiger partial charge in [0.05, 0.1) is 6.61 Å². The van der Waals surface area contributed by atoms with E-state index in [0.717, 1.165) is 0 Å².